The van der Waals surface area contributed by atoms with E-state index in [4.69, 9.17) is 4.52 Å². The van der Waals surface area contributed by atoms with Crippen LogP contribution in [0.25, 0.3) is 16.6 Å². The number of allylic oxidation sites excluding steroid dienone is 2. The Hall–Kier alpha value is -3.74. The molecule has 0 bridgehead atoms. The van der Waals surface area contributed by atoms with Crippen molar-refractivity contribution in [3.63, 3.8) is 0 Å². The van der Waals surface area contributed by atoms with Crippen LogP contribution in [-0.2, 0) is 6.42 Å². The molecule has 0 saturated carbocycles. The fraction of sp³-hybridized carbons (Fsp3) is 0.208. The van der Waals surface area contributed by atoms with Crippen LogP contribution in [0, 0.1) is 19.7 Å². The van der Waals surface area contributed by atoms with Crippen molar-refractivity contribution in [2.45, 2.75) is 26.3 Å². The number of aryl methyl sites for hydroxylation is 2. The van der Waals surface area contributed by atoms with Crippen molar-refractivity contribution in [2.24, 2.45) is 0 Å². The number of rotatable bonds is 4. The van der Waals surface area contributed by atoms with Gasteiger partial charge in [-0.2, -0.15) is 0 Å². The average Bonchev–Trinajstić information content (AvgIpc) is 3.17. The molecule has 0 aliphatic carbocycles. The van der Waals surface area contributed by atoms with Gasteiger partial charge in [-0.3, -0.25) is 9.20 Å². The van der Waals surface area contributed by atoms with Crippen LogP contribution >= 0.6 is 0 Å². The Labute approximate surface area is 177 Å². The smallest absolute Gasteiger partial charge is 0.261 e. The summed E-state index contributed by atoms with van der Waals surface area (Å²) in [6.45, 7) is 4.42. The minimum atomic E-state index is -0.360. The van der Waals surface area contributed by atoms with Gasteiger partial charge in [-0.25, -0.2) is 9.37 Å². The number of pyridine rings is 1. The maximum absolute atomic E-state index is 13.5. The lowest BCUT2D eigenvalue weighted by molar-refractivity contribution is 0.308. The Morgan fingerprint density at radius 1 is 1.16 bits per heavy atom. The summed E-state index contributed by atoms with van der Waals surface area (Å²) in [5.74, 6) is -0.360. The Morgan fingerprint density at radius 3 is 2.90 bits per heavy atom. The Balaban J connectivity index is 1.46. The van der Waals surface area contributed by atoms with Crippen molar-refractivity contribution in [3.05, 3.63) is 99.6 Å². The summed E-state index contributed by atoms with van der Waals surface area (Å²) in [4.78, 5) is 19.8. The van der Waals surface area contributed by atoms with Crippen molar-refractivity contribution < 1.29 is 8.91 Å². The number of hydrogen-bond donors (Lipinski definition) is 0. The first-order valence-corrected chi connectivity index (χ1v) is 10.2. The summed E-state index contributed by atoms with van der Waals surface area (Å²) in [5, 5.41) is 4.98. The number of aromatic nitrogens is 3. The molecule has 0 radical (unpaired) electrons. The normalized spacial score (nSPS) is 16.0. The van der Waals surface area contributed by atoms with E-state index in [1.807, 2.05) is 56.6 Å². The van der Waals surface area contributed by atoms with Gasteiger partial charge in [0.05, 0.1) is 6.04 Å². The first-order chi connectivity index (χ1) is 15.0. The van der Waals surface area contributed by atoms with Gasteiger partial charge in [-0.1, -0.05) is 23.4 Å². The summed E-state index contributed by atoms with van der Waals surface area (Å²) in [6.07, 6.45) is 10.2. The van der Waals surface area contributed by atoms with E-state index in [0.29, 0.717) is 29.8 Å². The van der Waals surface area contributed by atoms with Gasteiger partial charge in [-0.15, -0.1) is 0 Å². The molecule has 1 aromatic carbocycles. The molecule has 5 rings (SSSR count). The number of benzene rings is 1. The average molecular weight is 416 g/mol. The second-order valence-electron chi connectivity index (χ2n) is 7.78. The molecule has 0 amide bonds. The molecule has 156 valence electrons. The molecule has 1 aliphatic rings. The van der Waals surface area contributed by atoms with Gasteiger partial charge < -0.3 is 9.42 Å². The number of fused-ring (bicyclic) bond motifs is 2. The molecule has 0 saturated heterocycles. The predicted octanol–water partition coefficient (Wildman–Crippen LogP) is 4.26. The molecule has 4 heterocycles. The standard InChI is InChI=1S/C24H21FN4O2/c1-15-6-9-22-26-16(2)18(24(30)29(22)14-15)10-12-28-11-4-3-5-20(28)23-19-8-7-17(25)13-21(19)31-27-23/h3-9,11,13-14,20H,10,12H2,1-2H3. The molecule has 4 aromatic rings. The SMILES string of the molecule is Cc1ccc2nc(C)c(CCN3C=CC=CC3c3noc4cc(F)ccc34)c(=O)n2c1. The molecule has 3 aromatic heterocycles. The minimum Gasteiger partial charge on any atom is -0.365 e. The quantitative estimate of drug-likeness (QED) is 0.497. The molecule has 0 fully saturated rings. The first-order valence-electron chi connectivity index (χ1n) is 10.2. The Morgan fingerprint density at radius 2 is 2.03 bits per heavy atom. The molecule has 31 heavy (non-hydrogen) atoms. The molecular formula is C24H21FN4O2. The van der Waals surface area contributed by atoms with Gasteiger partial charge in [0.25, 0.3) is 5.56 Å². The highest BCUT2D eigenvalue weighted by atomic mass is 19.1. The Bertz CT molecular complexity index is 1420. The summed E-state index contributed by atoms with van der Waals surface area (Å²) in [6, 6.07) is 8.07. The molecule has 1 aliphatic heterocycles. The fourth-order valence-corrected chi connectivity index (χ4v) is 4.06. The lowest BCUT2D eigenvalue weighted by atomic mass is 10.0. The summed E-state index contributed by atoms with van der Waals surface area (Å²) in [5.41, 5.74) is 4.18. The highest BCUT2D eigenvalue weighted by Crippen LogP contribution is 2.31. The molecule has 1 unspecified atom stereocenters. The van der Waals surface area contributed by atoms with E-state index < -0.39 is 0 Å². The summed E-state index contributed by atoms with van der Waals surface area (Å²) < 4.78 is 20.5. The van der Waals surface area contributed by atoms with E-state index in [1.54, 1.807) is 10.5 Å². The van der Waals surface area contributed by atoms with Crippen LogP contribution in [0.1, 0.15) is 28.6 Å². The van der Waals surface area contributed by atoms with Crippen molar-refractivity contribution in [3.8, 4) is 0 Å². The number of halogens is 1. The molecular weight excluding hydrogens is 395 g/mol. The minimum absolute atomic E-state index is 0.0401. The maximum Gasteiger partial charge on any atom is 0.261 e. The van der Waals surface area contributed by atoms with Gasteiger partial charge in [-0.05, 0) is 56.3 Å². The van der Waals surface area contributed by atoms with Crippen LogP contribution in [0.4, 0.5) is 4.39 Å². The predicted molar refractivity (Wildman–Crippen MR) is 116 cm³/mol. The zero-order chi connectivity index (χ0) is 21.5. The van der Waals surface area contributed by atoms with Gasteiger partial charge in [0.15, 0.2) is 5.58 Å². The second-order valence-corrected chi connectivity index (χ2v) is 7.78. The van der Waals surface area contributed by atoms with Crippen LogP contribution < -0.4 is 5.56 Å². The third kappa shape index (κ3) is 3.42. The fourth-order valence-electron chi connectivity index (χ4n) is 4.06. The monoisotopic (exact) mass is 416 g/mol. The van der Waals surface area contributed by atoms with Gasteiger partial charge in [0, 0.05) is 35.5 Å². The van der Waals surface area contributed by atoms with Crippen molar-refractivity contribution in [1.29, 1.82) is 0 Å². The van der Waals surface area contributed by atoms with Crippen LogP contribution in [0.15, 0.2) is 70.3 Å². The molecule has 0 spiro atoms. The van der Waals surface area contributed by atoms with E-state index in [-0.39, 0.29) is 17.4 Å². The maximum atomic E-state index is 13.5. The van der Waals surface area contributed by atoms with E-state index in [2.05, 4.69) is 15.0 Å². The largest absolute Gasteiger partial charge is 0.365 e. The van der Waals surface area contributed by atoms with Crippen LogP contribution in [-0.4, -0.2) is 26.0 Å². The molecule has 1 atom stereocenters. The van der Waals surface area contributed by atoms with E-state index in [0.717, 1.165) is 22.3 Å². The van der Waals surface area contributed by atoms with Crippen LogP contribution in [0.2, 0.25) is 0 Å². The van der Waals surface area contributed by atoms with E-state index >= 15 is 0 Å². The lowest BCUT2D eigenvalue weighted by Crippen LogP contribution is -2.29. The van der Waals surface area contributed by atoms with Crippen molar-refractivity contribution in [1.82, 2.24) is 19.4 Å². The summed E-state index contributed by atoms with van der Waals surface area (Å²) in [7, 11) is 0. The lowest BCUT2D eigenvalue weighted by Gasteiger charge is -2.29. The van der Waals surface area contributed by atoms with E-state index in [9.17, 15) is 9.18 Å². The molecule has 6 nitrogen and oxygen atoms in total. The highest BCUT2D eigenvalue weighted by molar-refractivity contribution is 5.80. The van der Waals surface area contributed by atoms with Crippen LogP contribution in [0.5, 0.6) is 0 Å². The number of hydrogen-bond acceptors (Lipinski definition) is 5. The zero-order valence-corrected chi connectivity index (χ0v) is 17.2. The third-order valence-corrected chi connectivity index (χ3v) is 5.67. The van der Waals surface area contributed by atoms with E-state index in [1.165, 1.54) is 12.1 Å². The van der Waals surface area contributed by atoms with Crippen LogP contribution in [0.3, 0.4) is 0 Å². The molecule has 0 N–H and O–H groups in total. The zero-order valence-electron chi connectivity index (χ0n) is 17.2. The molecule has 7 heteroatoms. The highest BCUT2D eigenvalue weighted by Gasteiger charge is 2.24. The number of nitrogens with zero attached hydrogens (tertiary/aromatic N) is 4. The van der Waals surface area contributed by atoms with Crippen molar-refractivity contribution in [2.75, 3.05) is 6.54 Å². The van der Waals surface area contributed by atoms with Crippen molar-refractivity contribution >= 4 is 16.6 Å². The van der Waals surface area contributed by atoms with Gasteiger partial charge in [0.2, 0.25) is 0 Å². The third-order valence-electron chi connectivity index (χ3n) is 5.67. The Kier molecular flexibility index (Phi) is 4.66. The first kappa shape index (κ1) is 19.2. The van der Waals surface area contributed by atoms with Gasteiger partial charge >= 0.3 is 0 Å². The second kappa shape index (κ2) is 7.50. The topological polar surface area (TPSA) is 63.6 Å². The van der Waals surface area contributed by atoms with Gasteiger partial charge in [0.1, 0.15) is 17.2 Å². The summed E-state index contributed by atoms with van der Waals surface area (Å²) >= 11 is 0.